The number of likely N-dealkylation sites (tertiary alicyclic amines) is 1. The van der Waals surface area contributed by atoms with Gasteiger partial charge in [0.25, 0.3) is 0 Å². The summed E-state index contributed by atoms with van der Waals surface area (Å²) in [6.45, 7) is 3.62. The van der Waals surface area contributed by atoms with E-state index >= 15 is 0 Å². The Labute approximate surface area is 196 Å². The molecule has 2 bridgehead atoms. The van der Waals surface area contributed by atoms with Gasteiger partial charge < -0.3 is 9.64 Å². The van der Waals surface area contributed by atoms with Crippen molar-refractivity contribution in [2.75, 3.05) is 18.0 Å². The zero-order valence-electron chi connectivity index (χ0n) is 18.0. The fraction of sp³-hybridized carbons (Fsp3) is 0.269. The molecule has 0 aliphatic carbocycles. The third-order valence-corrected chi connectivity index (χ3v) is 7.02. The highest BCUT2D eigenvalue weighted by molar-refractivity contribution is 6.31. The van der Waals surface area contributed by atoms with Crippen molar-refractivity contribution in [1.29, 1.82) is 0 Å². The van der Waals surface area contributed by atoms with E-state index in [0.717, 1.165) is 23.6 Å². The Balaban J connectivity index is 1.38. The summed E-state index contributed by atoms with van der Waals surface area (Å²) in [7, 11) is 0. The molecule has 2 heterocycles. The third kappa shape index (κ3) is 4.21. The molecule has 2 saturated heterocycles. The Bertz CT molecular complexity index is 1190. The van der Waals surface area contributed by atoms with E-state index < -0.39 is 6.04 Å². The molecule has 0 aromatic heterocycles. The first-order valence-corrected chi connectivity index (χ1v) is 11.3. The van der Waals surface area contributed by atoms with Gasteiger partial charge in [0.1, 0.15) is 17.3 Å². The van der Waals surface area contributed by atoms with Crippen molar-refractivity contribution < 1.29 is 18.3 Å². The van der Waals surface area contributed by atoms with E-state index in [1.54, 1.807) is 12.1 Å². The van der Waals surface area contributed by atoms with Gasteiger partial charge in [0, 0.05) is 42.3 Å². The fourth-order valence-corrected chi connectivity index (χ4v) is 5.37. The lowest BCUT2D eigenvalue weighted by Gasteiger charge is -2.39. The average Bonchev–Trinajstić information content (AvgIpc) is 3.41. The molecule has 2 fully saturated rings. The van der Waals surface area contributed by atoms with Crippen LogP contribution in [0.5, 0.6) is 11.5 Å². The molecule has 7 heteroatoms. The molecule has 3 unspecified atom stereocenters. The van der Waals surface area contributed by atoms with E-state index in [1.165, 1.54) is 30.3 Å². The summed E-state index contributed by atoms with van der Waals surface area (Å²) in [6.07, 6.45) is 0.928. The summed E-state index contributed by atoms with van der Waals surface area (Å²) in [5.41, 5.74) is 1.65. The van der Waals surface area contributed by atoms with Crippen LogP contribution in [-0.2, 0) is 0 Å². The highest BCUT2D eigenvalue weighted by atomic mass is 35.5. The number of hydrogen-bond donors (Lipinski definition) is 0. The predicted molar refractivity (Wildman–Crippen MR) is 124 cm³/mol. The highest BCUT2D eigenvalue weighted by Gasteiger charge is 2.46. The van der Waals surface area contributed by atoms with Gasteiger partial charge in [-0.1, -0.05) is 29.8 Å². The zero-order valence-corrected chi connectivity index (χ0v) is 18.8. The number of carbonyl (C=O) groups is 1. The first-order chi connectivity index (χ1) is 15.9. The molecule has 3 atom stereocenters. The van der Waals surface area contributed by atoms with Gasteiger partial charge in [0.05, 0.1) is 11.3 Å². The standard InChI is InChI=1S/C26H23ClF2N2O2/c1-16(22-4-2-3-5-24(22)27)30-14-19-12-18(30)15-31(19)25-13-21(10-11-23(25)26(29)32)33-20-8-6-17(28)7-9-20/h2-11,13,16,18-19H,12,14-15H2,1H3. The summed E-state index contributed by atoms with van der Waals surface area (Å²) in [5.74, 6) is 0.570. The number of halogens is 3. The fourth-order valence-electron chi connectivity index (χ4n) is 5.08. The van der Waals surface area contributed by atoms with Gasteiger partial charge in [0.2, 0.25) is 0 Å². The lowest BCUT2D eigenvalue weighted by atomic mass is 10.1. The second-order valence-electron chi connectivity index (χ2n) is 8.60. The number of benzene rings is 3. The molecule has 0 N–H and O–H groups in total. The normalized spacial score (nSPS) is 20.8. The Morgan fingerprint density at radius 2 is 1.76 bits per heavy atom. The van der Waals surface area contributed by atoms with E-state index in [2.05, 4.69) is 16.7 Å². The number of hydrogen-bond acceptors (Lipinski definition) is 4. The van der Waals surface area contributed by atoms with Crippen LogP contribution in [0.2, 0.25) is 5.02 Å². The van der Waals surface area contributed by atoms with Crippen LogP contribution in [0.25, 0.3) is 0 Å². The van der Waals surface area contributed by atoms with E-state index in [1.807, 2.05) is 24.3 Å². The molecule has 2 aliphatic heterocycles. The monoisotopic (exact) mass is 468 g/mol. The van der Waals surface area contributed by atoms with Crippen LogP contribution in [-0.4, -0.2) is 36.1 Å². The van der Waals surface area contributed by atoms with Gasteiger partial charge in [-0.15, -0.1) is 0 Å². The maximum Gasteiger partial charge on any atom is 0.334 e. The van der Waals surface area contributed by atoms with Crippen molar-refractivity contribution in [2.45, 2.75) is 31.5 Å². The lowest BCUT2D eigenvalue weighted by molar-refractivity contribution is 0.0836. The van der Waals surface area contributed by atoms with Crippen LogP contribution in [0.4, 0.5) is 14.5 Å². The van der Waals surface area contributed by atoms with Crippen LogP contribution in [0.1, 0.15) is 35.3 Å². The third-order valence-electron chi connectivity index (χ3n) is 6.68. The molecule has 0 spiro atoms. The number of fused-ring (bicyclic) bond motifs is 2. The Kier molecular flexibility index (Phi) is 5.81. The van der Waals surface area contributed by atoms with Gasteiger partial charge in [-0.2, -0.15) is 4.39 Å². The van der Waals surface area contributed by atoms with Crippen molar-refractivity contribution >= 4 is 23.3 Å². The van der Waals surface area contributed by atoms with E-state index in [0.29, 0.717) is 23.7 Å². The number of nitrogens with zero attached hydrogens (tertiary/aromatic N) is 2. The minimum Gasteiger partial charge on any atom is -0.457 e. The highest BCUT2D eigenvalue weighted by Crippen LogP contribution is 2.42. The van der Waals surface area contributed by atoms with E-state index in [-0.39, 0.29) is 29.5 Å². The molecule has 4 nitrogen and oxygen atoms in total. The van der Waals surface area contributed by atoms with Crippen molar-refractivity contribution in [1.82, 2.24) is 4.90 Å². The molecular weight excluding hydrogens is 446 g/mol. The molecule has 0 saturated carbocycles. The number of ether oxygens (including phenoxy) is 1. The zero-order chi connectivity index (χ0) is 23.1. The Morgan fingerprint density at radius 3 is 2.42 bits per heavy atom. The van der Waals surface area contributed by atoms with Crippen molar-refractivity contribution in [3.8, 4) is 11.5 Å². The smallest absolute Gasteiger partial charge is 0.334 e. The summed E-state index contributed by atoms with van der Waals surface area (Å²) in [6, 6.07) is 17.3. The molecule has 3 aromatic carbocycles. The minimum absolute atomic E-state index is 0.0275. The largest absolute Gasteiger partial charge is 0.457 e. The molecule has 170 valence electrons. The summed E-state index contributed by atoms with van der Waals surface area (Å²) in [5, 5.41) is 0.751. The molecule has 3 aromatic rings. The van der Waals surface area contributed by atoms with Crippen LogP contribution in [0.3, 0.4) is 0 Å². The van der Waals surface area contributed by atoms with E-state index in [4.69, 9.17) is 16.3 Å². The van der Waals surface area contributed by atoms with Gasteiger partial charge in [-0.3, -0.25) is 9.69 Å². The Morgan fingerprint density at radius 1 is 1.03 bits per heavy atom. The topological polar surface area (TPSA) is 32.8 Å². The molecule has 33 heavy (non-hydrogen) atoms. The predicted octanol–water partition coefficient (Wildman–Crippen LogP) is 6.41. The van der Waals surface area contributed by atoms with Crippen LogP contribution in [0, 0.1) is 5.82 Å². The molecule has 0 amide bonds. The second kappa shape index (κ2) is 8.76. The van der Waals surface area contributed by atoms with Crippen LogP contribution in [0.15, 0.2) is 66.7 Å². The summed E-state index contributed by atoms with van der Waals surface area (Å²) in [4.78, 5) is 16.3. The molecule has 5 rings (SSSR count). The number of rotatable bonds is 6. The second-order valence-corrected chi connectivity index (χ2v) is 9.01. The van der Waals surface area contributed by atoms with Gasteiger partial charge in [0.15, 0.2) is 0 Å². The SMILES string of the molecule is CC(c1ccccc1Cl)N1CC2CC1CN2c1cc(Oc2ccc(F)cc2)ccc1C(=O)F. The number of piperazine rings is 1. The summed E-state index contributed by atoms with van der Waals surface area (Å²) >= 11 is 6.42. The molecule has 2 aliphatic rings. The maximum atomic E-state index is 13.9. The average molecular weight is 469 g/mol. The summed E-state index contributed by atoms with van der Waals surface area (Å²) < 4.78 is 32.9. The quantitative estimate of drug-likeness (QED) is 0.391. The first-order valence-electron chi connectivity index (χ1n) is 10.9. The van der Waals surface area contributed by atoms with Gasteiger partial charge in [-0.05, 0) is 61.4 Å². The maximum absolute atomic E-state index is 13.9. The number of carbonyl (C=O) groups excluding carboxylic acids is 1. The number of anilines is 1. The minimum atomic E-state index is -1.47. The molecule has 0 radical (unpaired) electrons. The van der Waals surface area contributed by atoms with Crippen LogP contribution < -0.4 is 9.64 Å². The lowest BCUT2D eigenvalue weighted by Crippen LogP contribution is -2.47. The van der Waals surface area contributed by atoms with Gasteiger partial charge >= 0.3 is 6.04 Å². The van der Waals surface area contributed by atoms with Gasteiger partial charge in [-0.25, -0.2) is 4.39 Å². The Hall–Kier alpha value is -2.96. The van der Waals surface area contributed by atoms with Crippen molar-refractivity contribution in [2.24, 2.45) is 0 Å². The van der Waals surface area contributed by atoms with Crippen LogP contribution >= 0.6 is 11.6 Å². The van der Waals surface area contributed by atoms with E-state index in [9.17, 15) is 13.6 Å². The molecular formula is C26H23ClF2N2O2. The van der Waals surface area contributed by atoms with Crippen molar-refractivity contribution in [3.05, 3.63) is 88.7 Å². The van der Waals surface area contributed by atoms with Crippen molar-refractivity contribution in [3.63, 3.8) is 0 Å². The first kappa shape index (κ1) is 21.9.